The highest BCUT2D eigenvalue weighted by Gasteiger charge is 2.46. The van der Waals surface area contributed by atoms with Gasteiger partial charge in [0.2, 0.25) is 5.75 Å². The fraction of sp³-hybridized carbons (Fsp3) is 0.321. The number of ether oxygens (including phenoxy) is 3. The van der Waals surface area contributed by atoms with E-state index in [0.29, 0.717) is 51.1 Å². The number of Topliss-reactive ketones (excluding diaryl/α,β-unsaturated/α-hetero) is 1. The molecule has 9 nitrogen and oxygen atoms in total. The van der Waals surface area contributed by atoms with E-state index >= 15 is 0 Å². The van der Waals surface area contributed by atoms with Crippen molar-refractivity contribution in [2.45, 2.75) is 32.6 Å². The highest BCUT2D eigenvalue weighted by molar-refractivity contribution is 6.30. The summed E-state index contributed by atoms with van der Waals surface area (Å²) in [6.07, 6.45) is 0.690. The minimum absolute atomic E-state index is 0.0147. The van der Waals surface area contributed by atoms with Crippen molar-refractivity contribution >= 4 is 23.3 Å². The summed E-state index contributed by atoms with van der Waals surface area (Å²) in [6, 6.07) is 12.0. The maximum Gasteiger partial charge on any atom is 0.270 e. The second kappa shape index (κ2) is 10.3. The van der Waals surface area contributed by atoms with Crippen LogP contribution < -0.4 is 25.4 Å². The molecule has 0 aromatic heterocycles. The lowest BCUT2D eigenvalue weighted by Gasteiger charge is -2.43. The summed E-state index contributed by atoms with van der Waals surface area (Å²) in [4.78, 5) is 26.9. The summed E-state index contributed by atoms with van der Waals surface area (Å²) in [5, 5.41) is 12.1. The molecule has 0 bridgehead atoms. The van der Waals surface area contributed by atoms with Gasteiger partial charge in [0.05, 0.1) is 44.6 Å². The predicted octanol–water partition coefficient (Wildman–Crippen LogP) is 4.45. The average molecular weight is 537 g/mol. The number of hydrogen-bond acceptors (Lipinski definition) is 8. The molecule has 0 saturated heterocycles. The van der Waals surface area contributed by atoms with Crippen LogP contribution in [0.15, 0.2) is 59.1 Å². The Morgan fingerprint density at radius 3 is 2.32 bits per heavy atom. The average Bonchev–Trinajstić information content (AvgIpc) is 2.88. The minimum atomic E-state index is -0.836. The van der Waals surface area contributed by atoms with Crippen LogP contribution in [0.1, 0.15) is 48.5 Å². The van der Waals surface area contributed by atoms with Gasteiger partial charge < -0.3 is 19.9 Å². The Labute approximate surface area is 226 Å². The van der Waals surface area contributed by atoms with Gasteiger partial charge in [0.25, 0.3) is 5.91 Å². The number of nitriles is 1. The first kappa shape index (κ1) is 26.9. The molecule has 38 heavy (non-hydrogen) atoms. The Kier molecular flexibility index (Phi) is 7.29. The molecule has 0 fully saturated rings. The van der Waals surface area contributed by atoms with Crippen LogP contribution in [0.4, 0.5) is 0 Å². The van der Waals surface area contributed by atoms with E-state index in [1.807, 2.05) is 13.8 Å². The Morgan fingerprint density at radius 1 is 1.08 bits per heavy atom. The number of carbonyl (C=O) groups excluding carboxylic acids is 2. The van der Waals surface area contributed by atoms with Crippen molar-refractivity contribution in [2.75, 3.05) is 21.3 Å². The Morgan fingerprint density at radius 2 is 1.74 bits per heavy atom. The molecular formula is C28H29ClN4O5. The molecule has 1 heterocycles. The molecule has 2 aliphatic rings. The molecule has 1 aliphatic carbocycles. The number of ketones is 1. The summed E-state index contributed by atoms with van der Waals surface area (Å²) in [5.41, 5.74) is 10.8. The zero-order valence-corrected chi connectivity index (χ0v) is 22.6. The highest BCUT2D eigenvalue weighted by atomic mass is 35.5. The molecule has 0 spiro atoms. The summed E-state index contributed by atoms with van der Waals surface area (Å²) < 4.78 is 16.7. The van der Waals surface area contributed by atoms with Gasteiger partial charge in [-0.05, 0) is 42.2 Å². The Balaban J connectivity index is 1.93. The third kappa shape index (κ3) is 4.63. The zero-order valence-electron chi connectivity index (χ0n) is 21.8. The number of benzene rings is 2. The van der Waals surface area contributed by atoms with Crippen molar-refractivity contribution < 1.29 is 23.8 Å². The van der Waals surface area contributed by atoms with Crippen LogP contribution in [0.3, 0.4) is 0 Å². The van der Waals surface area contributed by atoms with E-state index in [0.717, 1.165) is 0 Å². The number of nitrogens with two attached hydrogens (primary N) is 1. The lowest BCUT2D eigenvalue weighted by molar-refractivity contribution is -0.118. The van der Waals surface area contributed by atoms with Crippen molar-refractivity contribution in [3.05, 3.63) is 75.2 Å². The van der Waals surface area contributed by atoms with Crippen LogP contribution in [0.5, 0.6) is 17.2 Å². The van der Waals surface area contributed by atoms with Crippen molar-refractivity contribution in [2.24, 2.45) is 11.1 Å². The topological polar surface area (TPSA) is 127 Å². The molecule has 3 N–H and O–H groups in total. The maximum absolute atomic E-state index is 13.7. The second-order valence-corrected chi connectivity index (χ2v) is 10.3. The van der Waals surface area contributed by atoms with Crippen molar-refractivity contribution in [1.82, 2.24) is 10.4 Å². The van der Waals surface area contributed by atoms with Crippen LogP contribution in [-0.4, -0.2) is 38.0 Å². The van der Waals surface area contributed by atoms with Crippen LogP contribution in [0.25, 0.3) is 0 Å². The quantitative estimate of drug-likeness (QED) is 0.554. The minimum Gasteiger partial charge on any atom is -0.493 e. The molecule has 4 rings (SSSR count). The molecule has 1 atom stereocenters. The predicted molar refractivity (Wildman–Crippen MR) is 141 cm³/mol. The molecule has 2 aromatic carbocycles. The fourth-order valence-corrected chi connectivity index (χ4v) is 5.19. The number of nitrogens with one attached hydrogen (secondary N) is 1. The molecule has 10 heteroatoms. The number of halogens is 1. The van der Waals surface area contributed by atoms with Gasteiger partial charge in [-0.1, -0.05) is 31.5 Å². The molecular weight excluding hydrogens is 508 g/mol. The van der Waals surface area contributed by atoms with E-state index in [1.165, 1.54) is 26.3 Å². The molecule has 1 amide bonds. The number of nitrogens with zero attached hydrogens (tertiary/aromatic N) is 2. The van der Waals surface area contributed by atoms with E-state index in [9.17, 15) is 14.9 Å². The summed E-state index contributed by atoms with van der Waals surface area (Å²) >= 11 is 5.97. The number of methoxy groups -OCH3 is 3. The van der Waals surface area contributed by atoms with Gasteiger partial charge in [-0.3, -0.25) is 15.0 Å². The molecule has 2 aromatic rings. The van der Waals surface area contributed by atoms with Crippen LogP contribution >= 0.6 is 11.6 Å². The third-order valence-corrected chi connectivity index (χ3v) is 7.00. The SMILES string of the molecule is COc1ccc(C2C(C#N)=C(N)N(NC(=O)c3ccc(Cl)cc3)C3=C2C(=O)CC(C)(C)C3)c(OC)c1OC. The van der Waals surface area contributed by atoms with E-state index in [2.05, 4.69) is 11.5 Å². The fourth-order valence-electron chi connectivity index (χ4n) is 5.07. The Bertz CT molecular complexity index is 1410. The van der Waals surface area contributed by atoms with Crippen molar-refractivity contribution in [1.29, 1.82) is 5.26 Å². The van der Waals surface area contributed by atoms with Crippen LogP contribution in [0, 0.1) is 16.7 Å². The number of amides is 1. The molecule has 1 aliphatic heterocycles. The largest absolute Gasteiger partial charge is 0.493 e. The zero-order chi connectivity index (χ0) is 27.8. The summed E-state index contributed by atoms with van der Waals surface area (Å²) in [5.74, 6) is -0.358. The molecule has 1 unspecified atom stereocenters. The van der Waals surface area contributed by atoms with Crippen molar-refractivity contribution in [3.8, 4) is 23.3 Å². The lowest BCUT2D eigenvalue weighted by atomic mass is 9.69. The van der Waals surface area contributed by atoms with E-state index < -0.39 is 17.2 Å². The first-order chi connectivity index (χ1) is 18.1. The Hall–Kier alpha value is -4.16. The number of carbonyl (C=O) groups is 2. The standard InChI is InChI=1S/C28H29ClN4O5/c1-28(2)12-19-23(20(34)13-28)22(17-10-11-21(36-3)25(38-5)24(17)37-4)18(14-30)26(31)33(19)32-27(35)15-6-8-16(29)9-7-15/h6-11,22H,12-13,31H2,1-5H3,(H,32,35). The molecule has 0 saturated carbocycles. The summed E-state index contributed by atoms with van der Waals surface area (Å²) in [6.45, 7) is 3.94. The smallest absolute Gasteiger partial charge is 0.270 e. The van der Waals surface area contributed by atoms with E-state index in [1.54, 1.807) is 36.4 Å². The monoisotopic (exact) mass is 536 g/mol. The number of allylic oxidation sites excluding steroid dienone is 3. The molecule has 0 radical (unpaired) electrons. The van der Waals surface area contributed by atoms with Gasteiger partial charge in [0.15, 0.2) is 17.3 Å². The second-order valence-electron chi connectivity index (χ2n) is 9.85. The van der Waals surface area contributed by atoms with E-state index in [4.69, 9.17) is 31.5 Å². The van der Waals surface area contributed by atoms with Crippen LogP contribution in [-0.2, 0) is 4.79 Å². The van der Waals surface area contributed by atoms with Crippen LogP contribution in [0.2, 0.25) is 5.02 Å². The first-order valence-electron chi connectivity index (χ1n) is 11.9. The van der Waals surface area contributed by atoms with Gasteiger partial charge in [-0.25, -0.2) is 5.01 Å². The number of rotatable bonds is 6. The van der Waals surface area contributed by atoms with Gasteiger partial charge in [0.1, 0.15) is 5.82 Å². The normalized spacial score (nSPS) is 18.5. The van der Waals surface area contributed by atoms with Gasteiger partial charge >= 0.3 is 0 Å². The first-order valence-corrected chi connectivity index (χ1v) is 12.3. The van der Waals surface area contributed by atoms with Gasteiger partial charge in [-0.15, -0.1) is 0 Å². The number of hydrazine groups is 1. The van der Waals surface area contributed by atoms with E-state index in [-0.39, 0.29) is 23.6 Å². The molecule has 198 valence electrons. The summed E-state index contributed by atoms with van der Waals surface area (Å²) in [7, 11) is 4.46. The highest BCUT2D eigenvalue weighted by Crippen LogP contribution is 2.52. The van der Waals surface area contributed by atoms with Gasteiger partial charge in [0, 0.05) is 28.1 Å². The number of hydrogen-bond donors (Lipinski definition) is 2. The maximum atomic E-state index is 13.7. The van der Waals surface area contributed by atoms with Crippen molar-refractivity contribution in [3.63, 3.8) is 0 Å². The lowest BCUT2D eigenvalue weighted by Crippen LogP contribution is -2.49. The van der Waals surface area contributed by atoms with Gasteiger partial charge in [-0.2, -0.15) is 5.26 Å². The third-order valence-electron chi connectivity index (χ3n) is 6.75.